The number of para-hydroxylation sites is 3. The van der Waals surface area contributed by atoms with Crippen LogP contribution >= 0.6 is 0 Å². The van der Waals surface area contributed by atoms with Crippen molar-refractivity contribution in [2.24, 2.45) is 7.05 Å². The Morgan fingerprint density at radius 1 is 0.548 bits per heavy atom. The Kier molecular flexibility index (Phi) is 4.03. The van der Waals surface area contributed by atoms with Crippen LogP contribution in [0.3, 0.4) is 0 Å². The second-order valence-corrected chi connectivity index (χ2v) is 7.95. The summed E-state index contributed by atoms with van der Waals surface area (Å²) in [6.07, 6.45) is 0. The summed E-state index contributed by atoms with van der Waals surface area (Å²) < 4.78 is 2.32. The first-order valence-corrected chi connectivity index (χ1v) is 10.6. The van der Waals surface area contributed by atoms with E-state index in [1.807, 2.05) is 0 Å². The molecule has 0 saturated heterocycles. The molecule has 2 nitrogen and oxygen atoms in total. The highest BCUT2D eigenvalue weighted by atomic mass is 15.2. The zero-order valence-electron chi connectivity index (χ0n) is 17.4. The van der Waals surface area contributed by atoms with Crippen LogP contribution in [0.2, 0.25) is 0 Å². The molecule has 0 saturated carbocycles. The average Bonchev–Trinajstić information content (AvgIpc) is 3.13. The van der Waals surface area contributed by atoms with Gasteiger partial charge < -0.3 is 9.47 Å². The van der Waals surface area contributed by atoms with Crippen LogP contribution in [0, 0.1) is 0 Å². The highest BCUT2D eigenvalue weighted by Gasteiger charge is 2.19. The smallest absolute Gasteiger partial charge is 0.0733 e. The van der Waals surface area contributed by atoms with Crippen LogP contribution in [-0.2, 0) is 7.05 Å². The van der Waals surface area contributed by atoms with Crippen molar-refractivity contribution in [1.82, 2.24) is 4.57 Å². The lowest BCUT2D eigenvalue weighted by atomic mass is 10.1. The number of hydrogen-bond donors (Lipinski definition) is 0. The minimum Gasteiger partial charge on any atom is -0.342 e. The SMILES string of the molecule is Cn1c2ccccc2c2cccc(N(c3ccccc3)c3ccc4ccccc4c3)c21. The van der Waals surface area contributed by atoms with Gasteiger partial charge in [-0.15, -0.1) is 0 Å². The largest absolute Gasteiger partial charge is 0.342 e. The van der Waals surface area contributed by atoms with Gasteiger partial charge in [0, 0.05) is 34.7 Å². The first-order chi connectivity index (χ1) is 15.3. The van der Waals surface area contributed by atoms with E-state index >= 15 is 0 Å². The van der Waals surface area contributed by atoms with Gasteiger partial charge in [0.2, 0.25) is 0 Å². The maximum Gasteiger partial charge on any atom is 0.0733 e. The molecule has 148 valence electrons. The standard InChI is InChI=1S/C29H22N2/c1-30-27-16-8-7-14-25(27)26-15-9-17-28(29(26)30)31(23-12-3-2-4-13-23)24-19-18-21-10-5-6-11-22(21)20-24/h2-20H,1H3. The Labute approximate surface area is 181 Å². The van der Waals surface area contributed by atoms with E-state index in [0.29, 0.717) is 0 Å². The molecule has 0 aliphatic rings. The molecule has 0 amide bonds. The molecule has 1 aromatic heterocycles. The molecule has 6 aromatic rings. The summed E-state index contributed by atoms with van der Waals surface area (Å²) in [6, 6.07) is 41.1. The van der Waals surface area contributed by atoms with E-state index in [1.165, 1.54) is 38.3 Å². The van der Waals surface area contributed by atoms with E-state index in [0.717, 1.165) is 11.4 Å². The van der Waals surface area contributed by atoms with E-state index in [4.69, 9.17) is 0 Å². The third-order valence-electron chi connectivity index (χ3n) is 6.15. The van der Waals surface area contributed by atoms with E-state index in [2.05, 4.69) is 132 Å². The van der Waals surface area contributed by atoms with Gasteiger partial charge in [-0.05, 0) is 47.2 Å². The molecule has 1 heterocycles. The molecule has 0 N–H and O–H groups in total. The first-order valence-electron chi connectivity index (χ1n) is 10.6. The predicted octanol–water partition coefficient (Wildman–Crippen LogP) is 7.95. The minimum absolute atomic E-state index is 1.15. The van der Waals surface area contributed by atoms with Crippen molar-refractivity contribution in [2.45, 2.75) is 0 Å². The monoisotopic (exact) mass is 398 g/mol. The second-order valence-electron chi connectivity index (χ2n) is 7.95. The van der Waals surface area contributed by atoms with Crippen molar-refractivity contribution in [1.29, 1.82) is 0 Å². The number of hydrogen-bond acceptors (Lipinski definition) is 1. The molecule has 5 aromatic carbocycles. The van der Waals surface area contributed by atoms with Crippen LogP contribution in [0.4, 0.5) is 17.1 Å². The molecular formula is C29H22N2. The molecule has 0 atom stereocenters. The normalized spacial score (nSPS) is 11.4. The highest BCUT2D eigenvalue weighted by molar-refractivity contribution is 6.13. The Hall–Kier alpha value is -4.04. The maximum absolute atomic E-state index is 2.37. The van der Waals surface area contributed by atoms with Gasteiger partial charge in [-0.3, -0.25) is 0 Å². The maximum atomic E-state index is 2.37. The third-order valence-corrected chi connectivity index (χ3v) is 6.15. The van der Waals surface area contributed by atoms with Crippen LogP contribution in [0.25, 0.3) is 32.6 Å². The van der Waals surface area contributed by atoms with Crippen molar-refractivity contribution in [3.63, 3.8) is 0 Å². The van der Waals surface area contributed by atoms with Gasteiger partial charge in [0.1, 0.15) is 0 Å². The van der Waals surface area contributed by atoms with E-state index in [9.17, 15) is 0 Å². The lowest BCUT2D eigenvalue weighted by Gasteiger charge is -2.27. The number of rotatable bonds is 3. The topological polar surface area (TPSA) is 8.17 Å². The summed E-state index contributed by atoms with van der Waals surface area (Å²) in [6.45, 7) is 0. The molecular weight excluding hydrogens is 376 g/mol. The third kappa shape index (κ3) is 2.80. The van der Waals surface area contributed by atoms with Crippen molar-refractivity contribution in [3.05, 3.63) is 115 Å². The zero-order valence-corrected chi connectivity index (χ0v) is 17.4. The van der Waals surface area contributed by atoms with Gasteiger partial charge in [0.05, 0.1) is 11.2 Å². The Morgan fingerprint density at radius 3 is 2.13 bits per heavy atom. The molecule has 0 unspecified atom stereocenters. The van der Waals surface area contributed by atoms with Gasteiger partial charge in [0.25, 0.3) is 0 Å². The average molecular weight is 399 g/mol. The second kappa shape index (κ2) is 7.03. The van der Waals surface area contributed by atoms with Crippen LogP contribution in [0.15, 0.2) is 115 Å². The number of fused-ring (bicyclic) bond motifs is 4. The molecule has 6 rings (SSSR count). The highest BCUT2D eigenvalue weighted by Crippen LogP contribution is 2.42. The quantitative estimate of drug-likeness (QED) is 0.293. The summed E-state index contributed by atoms with van der Waals surface area (Å²) in [7, 11) is 2.16. The fourth-order valence-electron chi connectivity index (χ4n) is 4.72. The molecule has 0 aliphatic carbocycles. The summed E-state index contributed by atoms with van der Waals surface area (Å²) in [5, 5.41) is 5.05. The van der Waals surface area contributed by atoms with Crippen LogP contribution in [0.5, 0.6) is 0 Å². The van der Waals surface area contributed by atoms with E-state index in [1.54, 1.807) is 0 Å². The van der Waals surface area contributed by atoms with Crippen LogP contribution in [-0.4, -0.2) is 4.57 Å². The van der Waals surface area contributed by atoms with Crippen LogP contribution in [0.1, 0.15) is 0 Å². The number of benzene rings is 5. The Morgan fingerprint density at radius 2 is 1.26 bits per heavy atom. The molecule has 0 aliphatic heterocycles. The number of anilines is 3. The van der Waals surface area contributed by atoms with Gasteiger partial charge in [-0.2, -0.15) is 0 Å². The number of nitrogens with zero attached hydrogens (tertiary/aromatic N) is 2. The summed E-state index contributed by atoms with van der Waals surface area (Å²) in [5.41, 5.74) is 5.97. The summed E-state index contributed by atoms with van der Waals surface area (Å²) in [5.74, 6) is 0. The van der Waals surface area contributed by atoms with Crippen molar-refractivity contribution < 1.29 is 0 Å². The minimum atomic E-state index is 1.15. The number of aryl methyl sites for hydroxylation is 1. The van der Waals surface area contributed by atoms with Crippen LogP contribution < -0.4 is 4.90 Å². The molecule has 0 spiro atoms. The predicted molar refractivity (Wildman–Crippen MR) is 133 cm³/mol. The molecule has 0 fully saturated rings. The van der Waals surface area contributed by atoms with E-state index < -0.39 is 0 Å². The lowest BCUT2D eigenvalue weighted by molar-refractivity contribution is 1.01. The molecule has 0 radical (unpaired) electrons. The fraction of sp³-hybridized carbons (Fsp3) is 0.0345. The Balaban J connectivity index is 1.68. The van der Waals surface area contributed by atoms with Gasteiger partial charge >= 0.3 is 0 Å². The summed E-state index contributed by atoms with van der Waals surface area (Å²) >= 11 is 0. The van der Waals surface area contributed by atoms with Crippen molar-refractivity contribution >= 4 is 49.6 Å². The first kappa shape index (κ1) is 17.8. The van der Waals surface area contributed by atoms with Gasteiger partial charge in [0.15, 0.2) is 0 Å². The summed E-state index contributed by atoms with van der Waals surface area (Å²) in [4.78, 5) is 2.37. The zero-order chi connectivity index (χ0) is 20.8. The molecule has 2 heteroatoms. The van der Waals surface area contributed by atoms with Crippen molar-refractivity contribution in [3.8, 4) is 0 Å². The van der Waals surface area contributed by atoms with Gasteiger partial charge in [-0.1, -0.05) is 78.9 Å². The fourth-order valence-corrected chi connectivity index (χ4v) is 4.72. The van der Waals surface area contributed by atoms with E-state index in [-0.39, 0.29) is 0 Å². The molecule has 0 bridgehead atoms. The Bertz CT molecular complexity index is 1540. The van der Waals surface area contributed by atoms with Crippen molar-refractivity contribution in [2.75, 3.05) is 4.90 Å². The van der Waals surface area contributed by atoms with Gasteiger partial charge in [-0.25, -0.2) is 0 Å². The molecule has 31 heavy (non-hydrogen) atoms. The number of aromatic nitrogens is 1. The lowest BCUT2D eigenvalue weighted by Crippen LogP contribution is -2.11.